The lowest BCUT2D eigenvalue weighted by atomic mass is 10.1. The molecule has 1 amide bonds. The van der Waals surface area contributed by atoms with Crippen LogP contribution in [-0.4, -0.2) is 47.4 Å². The van der Waals surface area contributed by atoms with Gasteiger partial charge in [0.1, 0.15) is 5.75 Å². The quantitative estimate of drug-likeness (QED) is 0.427. The third-order valence-electron chi connectivity index (χ3n) is 5.05. The first-order valence-corrected chi connectivity index (χ1v) is 10.1. The summed E-state index contributed by atoms with van der Waals surface area (Å²) in [4.78, 5) is 21.0. The van der Waals surface area contributed by atoms with Crippen LogP contribution >= 0.6 is 0 Å². The Morgan fingerprint density at radius 1 is 1.03 bits per heavy atom. The van der Waals surface area contributed by atoms with Crippen molar-refractivity contribution < 1.29 is 19.0 Å². The normalized spacial score (nSPS) is 11.0. The molecule has 4 aromatic rings. The number of rotatable bonds is 8. The molecule has 0 unspecified atom stereocenters. The number of ether oxygens (including phenoxy) is 3. The molecule has 0 radical (unpaired) electrons. The van der Waals surface area contributed by atoms with Crippen molar-refractivity contribution in [2.24, 2.45) is 0 Å². The number of benzene rings is 2. The Hall–Kier alpha value is -4.40. The molecule has 0 saturated heterocycles. The van der Waals surface area contributed by atoms with Gasteiger partial charge in [-0.15, -0.1) is 0 Å². The van der Waals surface area contributed by atoms with Gasteiger partial charge < -0.3 is 19.5 Å². The number of methoxy groups -OCH3 is 3. The summed E-state index contributed by atoms with van der Waals surface area (Å²) in [5.74, 6) is 1.44. The van der Waals surface area contributed by atoms with Crippen LogP contribution in [0.4, 0.5) is 0 Å². The zero-order chi connectivity index (χ0) is 23.2. The molecule has 0 saturated carbocycles. The number of nitrogens with zero attached hydrogens (tertiary/aromatic N) is 3. The van der Waals surface area contributed by atoms with E-state index in [-0.39, 0.29) is 12.5 Å². The van der Waals surface area contributed by atoms with Crippen LogP contribution < -0.4 is 19.5 Å². The fourth-order valence-electron chi connectivity index (χ4n) is 3.44. The highest BCUT2D eigenvalue weighted by atomic mass is 16.5. The third kappa shape index (κ3) is 4.62. The first-order valence-electron chi connectivity index (χ1n) is 10.1. The van der Waals surface area contributed by atoms with Crippen molar-refractivity contribution in [3.8, 4) is 17.2 Å². The van der Waals surface area contributed by atoms with Crippen LogP contribution in [0, 0.1) is 0 Å². The molecular weight excluding hydrogens is 422 g/mol. The minimum absolute atomic E-state index is 0.255. The largest absolute Gasteiger partial charge is 0.495 e. The average Bonchev–Trinajstić information content (AvgIpc) is 3.29. The van der Waals surface area contributed by atoms with Crippen molar-refractivity contribution in [3.05, 3.63) is 71.4 Å². The molecule has 9 nitrogen and oxygen atoms in total. The summed E-state index contributed by atoms with van der Waals surface area (Å²) in [7, 11) is 4.72. The van der Waals surface area contributed by atoms with Crippen molar-refractivity contribution in [1.82, 2.24) is 25.5 Å². The summed E-state index contributed by atoms with van der Waals surface area (Å²) < 4.78 is 16.3. The molecule has 33 heavy (non-hydrogen) atoms. The fraction of sp³-hybridized carbons (Fsp3) is 0.167. The number of aromatic amines is 1. The second-order valence-corrected chi connectivity index (χ2v) is 7.00. The molecule has 2 heterocycles. The molecule has 0 aliphatic carbocycles. The Morgan fingerprint density at radius 3 is 2.61 bits per heavy atom. The number of hydrogen-bond acceptors (Lipinski definition) is 7. The maximum atomic E-state index is 12.9. The van der Waals surface area contributed by atoms with E-state index in [2.05, 4.69) is 25.5 Å². The topological polar surface area (TPSA) is 111 Å². The Labute approximate surface area is 190 Å². The first kappa shape index (κ1) is 21.8. The van der Waals surface area contributed by atoms with Crippen LogP contribution in [0.25, 0.3) is 23.1 Å². The zero-order valence-corrected chi connectivity index (χ0v) is 18.5. The highest BCUT2D eigenvalue weighted by Gasteiger charge is 2.19. The predicted molar refractivity (Wildman–Crippen MR) is 124 cm³/mol. The Morgan fingerprint density at radius 2 is 1.88 bits per heavy atom. The average molecular weight is 445 g/mol. The molecule has 168 valence electrons. The third-order valence-corrected chi connectivity index (χ3v) is 5.05. The number of amides is 1. The Balaban J connectivity index is 1.64. The maximum absolute atomic E-state index is 12.9. The van der Waals surface area contributed by atoms with Crippen LogP contribution in [0.1, 0.15) is 27.3 Å². The van der Waals surface area contributed by atoms with Crippen LogP contribution in [0.3, 0.4) is 0 Å². The first-order chi connectivity index (χ1) is 16.1. The zero-order valence-electron chi connectivity index (χ0n) is 18.5. The van der Waals surface area contributed by atoms with Gasteiger partial charge in [-0.3, -0.25) is 19.9 Å². The van der Waals surface area contributed by atoms with Crippen molar-refractivity contribution in [2.75, 3.05) is 21.3 Å². The summed E-state index contributed by atoms with van der Waals surface area (Å²) in [5.41, 5.74) is 3.36. The van der Waals surface area contributed by atoms with Crippen LogP contribution in [0.5, 0.6) is 17.2 Å². The molecular formula is C24H23N5O4. The van der Waals surface area contributed by atoms with Crippen LogP contribution in [-0.2, 0) is 6.54 Å². The molecule has 4 rings (SSSR count). The summed E-state index contributed by atoms with van der Waals surface area (Å²) in [5, 5.41) is 10.9. The summed E-state index contributed by atoms with van der Waals surface area (Å²) in [6, 6.07) is 9.09. The molecule has 2 N–H and O–H groups in total. The standard InChI is InChI=1S/C24H23N5O4/c1-31-20-9-5-15(12-21(20)32-2)4-7-18-22-19(29-28-18)8-6-17(23(22)33-3)24(30)27-14-16-13-25-10-11-26-16/h4-13H,14H2,1-3H3,(H,27,30)(H,28,29)/b7-4+. The van der Waals surface area contributed by atoms with Crippen molar-refractivity contribution in [1.29, 1.82) is 0 Å². The summed E-state index contributed by atoms with van der Waals surface area (Å²) in [6.45, 7) is 0.255. The summed E-state index contributed by atoms with van der Waals surface area (Å²) >= 11 is 0. The van der Waals surface area contributed by atoms with Crippen LogP contribution in [0.2, 0.25) is 0 Å². The molecule has 2 aromatic heterocycles. The molecule has 2 aromatic carbocycles. The van der Waals surface area contributed by atoms with Gasteiger partial charge in [-0.05, 0) is 35.9 Å². The predicted octanol–water partition coefficient (Wildman–Crippen LogP) is 3.48. The summed E-state index contributed by atoms with van der Waals surface area (Å²) in [6.07, 6.45) is 8.55. The highest BCUT2D eigenvalue weighted by Crippen LogP contribution is 2.33. The van der Waals surface area contributed by atoms with E-state index in [0.29, 0.717) is 45.1 Å². The molecule has 0 aliphatic heterocycles. The lowest BCUT2D eigenvalue weighted by Crippen LogP contribution is -2.24. The smallest absolute Gasteiger partial charge is 0.255 e. The van der Waals surface area contributed by atoms with E-state index in [9.17, 15) is 4.79 Å². The minimum Gasteiger partial charge on any atom is -0.495 e. The van der Waals surface area contributed by atoms with Gasteiger partial charge in [0.2, 0.25) is 0 Å². The number of carbonyl (C=O) groups is 1. The number of H-pyrrole nitrogens is 1. The van der Waals surface area contributed by atoms with E-state index in [1.165, 1.54) is 7.11 Å². The molecule has 0 bridgehead atoms. The molecule has 0 aliphatic rings. The Kier molecular flexibility index (Phi) is 6.49. The van der Waals surface area contributed by atoms with E-state index >= 15 is 0 Å². The molecule has 0 fully saturated rings. The van der Waals surface area contributed by atoms with Gasteiger partial charge in [0.25, 0.3) is 5.91 Å². The maximum Gasteiger partial charge on any atom is 0.255 e. The van der Waals surface area contributed by atoms with Crippen molar-refractivity contribution in [2.45, 2.75) is 6.54 Å². The minimum atomic E-state index is -0.282. The highest BCUT2D eigenvalue weighted by molar-refractivity contribution is 6.05. The van der Waals surface area contributed by atoms with E-state index in [1.54, 1.807) is 44.9 Å². The fourth-order valence-corrected chi connectivity index (χ4v) is 3.44. The number of fused-ring (bicyclic) bond motifs is 1. The van der Waals surface area contributed by atoms with E-state index in [0.717, 1.165) is 5.56 Å². The van der Waals surface area contributed by atoms with E-state index in [1.807, 2.05) is 30.4 Å². The number of hydrogen-bond donors (Lipinski definition) is 2. The molecule has 0 spiro atoms. The van der Waals surface area contributed by atoms with Gasteiger partial charge in [-0.25, -0.2) is 0 Å². The van der Waals surface area contributed by atoms with Gasteiger partial charge in [0, 0.05) is 12.4 Å². The second kappa shape index (κ2) is 9.82. The molecule has 0 atom stereocenters. The number of carbonyl (C=O) groups excluding carboxylic acids is 1. The van der Waals surface area contributed by atoms with E-state index < -0.39 is 0 Å². The monoisotopic (exact) mass is 445 g/mol. The van der Waals surface area contributed by atoms with Gasteiger partial charge in [-0.2, -0.15) is 5.10 Å². The second-order valence-electron chi connectivity index (χ2n) is 7.00. The van der Waals surface area contributed by atoms with Crippen molar-refractivity contribution >= 4 is 29.0 Å². The number of aromatic nitrogens is 4. The SMILES string of the molecule is COc1ccc(/C=C/c2[nH]nc3ccc(C(=O)NCc4cnccn4)c(OC)c23)cc1OC. The number of nitrogens with one attached hydrogen (secondary N) is 2. The van der Waals surface area contributed by atoms with E-state index in [4.69, 9.17) is 14.2 Å². The van der Waals surface area contributed by atoms with Gasteiger partial charge in [-0.1, -0.05) is 12.1 Å². The lowest BCUT2D eigenvalue weighted by molar-refractivity contribution is 0.0947. The van der Waals surface area contributed by atoms with Crippen LogP contribution in [0.15, 0.2) is 48.9 Å². The van der Waals surface area contributed by atoms with Gasteiger partial charge in [0.15, 0.2) is 11.5 Å². The van der Waals surface area contributed by atoms with Gasteiger partial charge >= 0.3 is 0 Å². The van der Waals surface area contributed by atoms with Crippen molar-refractivity contribution in [3.63, 3.8) is 0 Å². The lowest BCUT2D eigenvalue weighted by Gasteiger charge is -2.10. The Bertz CT molecular complexity index is 1300. The molecule has 9 heteroatoms. The van der Waals surface area contributed by atoms with Gasteiger partial charge in [0.05, 0.1) is 61.9 Å².